The van der Waals surface area contributed by atoms with Gasteiger partial charge >= 0.3 is 6.01 Å². The maximum absolute atomic E-state index is 13.0. The van der Waals surface area contributed by atoms with Gasteiger partial charge in [-0.1, -0.05) is 0 Å². The van der Waals surface area contributed by atoms with Crippen LogP contribution in [0.15, 0.2) is 36.7 Å². The number of ether oxygens (including phenoxy) is 1. The summed E-state index contributed by atoms with van der Waals surface area (Å²) in [5.74, 6) is 0.126. The largest absolute Gasteiger partial charge is 0.424 e. The number of rotatable bonds is 6. The first-order chi connectivity index (χ1) is 12.9. The number of benzene rings is 1. The number of aryl methyl sites for hydroxylation is 1. The molecule has 8 heteroatoms. The Labute approximate surface area is 156 Å². The fourth-order valence-electron chi connectivity index (χ4n) is 4.11. The molecular weight excluding hydrogens is 348 g/mol. The van der Waals surface area contributed by atoms with E-state index in [1.54, 1.807) is 36.7 Å². The van der Waals surface area contributed by atoms with Crippen molar-refractivity contribution >= 4 is 17.5 Å². The van der Waals surface area contributed by atoms with Crippen molar-refractivity contribution in [3.8, 4) is 11.8 Å². The molecule has 8 nitrogen and oxygen atoms in total. The number of amides is 2. The first kappa shape index (κ1) is 17.4. The molecule has 0 unspecified atom stereocenters. The molecule has 1 aromatic carbocycles. The zero-order chi connectivity index (χ0) is 19.2. The minimum atomic E-state index is -0.536. The van der Waals surface area contributed by atoms with E-state index >= 15 is 0 Å². The standard InChI is InChI=1S/C19H20N4O4/c1-12-8-13(4-5-14(12)27-17-21-6-3-7-22-17)23(26-2)16(25)19-9-18(10-19,11-19)15(20)24/h3-8H,9-11H2,1-2H3,(H2,20,24). The second-order valence-electron chi connectivity index (χ2n) is 7.32. The number of primary amides is 1. The topological polar surface area (TPSA) is 108 Å². The van der Waals surface area contributed by atoms with E-state index in [1.807, 2.05) is 6.92 Å². The first-order valence-corrected chi connectivity index (χ1v) is 8.63. The molecule has 3 fully saturated rings. The Bertz CT molecular complexity index is 895. The van der Waals surface area contributed by atoms with E-state index in [0.29, 0.717) is 30.7 Å². The molecule has 2 amide bonds. The van der Waals surface area contributed by atoms with Crippen molar-refractivity contribution in [1.29, 1.82) is 0 Å². The van der Waals surface area contributed by atoms with Gasteiger partial charge in [-0.25, -0.2) is 9.97 Å². The number of carbonyl (C=O) groups is 2. The van der Waals surface area contributed by atoms with Gasteiger partial charge in [-0.05, 0) is 56.0 Å². The molecule has 27 heavy (non-hydrogen) atoms. The summed E-state index contributed by atoms with van der Waals surface area (Å²) < 4.78 is 5.67. The van der Waals surface area contributed by atoms with Gasteiger partial charge in [-0.2, -0.15) is 5.06 Å². The lowest BCUT2D eigenvalue weighted by atomic mass is 9.34. The molecule has 1 aromatic heterocycles. The van der Waals surface area contributed by atoms with Crippen molar-refractivity contribution in [1.82, 2.24) is 9.97 Å². The van der Waals surface area contributed by atoms with Crippen LogP contribution in [0, 0.1) is 17.8 Å². The summed E-state index contributed by atoms with van der Waals surface area (Å²) in [6.07, 6.45) is 4.69. The SMILES string of the molecule is CON(C(=O)C12CC(C(N)=O)(C1)C2)c1ccc(Oc2ncccn2)c(C)c1. The molecule has 2 N–H and O–H groups in total. The van der Waals surface area contributed by atoms with E-state index in [9.17, 15) is 9.59 Å². The van der Waals surface area contributed by atoms with Crippen LogP contribution in [-0.2, 0) is 14.4 Å². The van der Waals surface area contributed by atoms with E-state index in [4.69, 9.17) is 15.3 Å². The molecule has 0 atom stereocenters. The number of hydrogen-bond donors (Lipinski definition) is 1. The van der Waals surface area contributed by atoms with Crippen molar-refractivity contribution in [2.75, 3.05) is 12.2 Å². The van der Waals surface area contributed by atoms with Crippen LogP contribution in [0.5, 0.6) is 11.8 Å². The molecule has 3 aliphatic rings. The van der Waals surface area contributed by atoms with Crippen molar-refractivity contribution < 1.29 is 19.2 Å². The minimum absolute atomic E-state index is 0.146. The molecule has 0 spiro atoms. The summed E-state index contributed by atoms with van der Waals surface area (Å²) in [6, 6.07) is 7.24. The Kier molecular flexibility index (Phi) is 3.88. The number of aromatic nitrogens is 2. The fraction of sp³-hybridized carbons (Fsp3) is 0.368. The molecule has 2 aromatic rings. The highest BCUT2D eigenvalue weighted by Gasteiger charge is 2.75. The molecule has 0 radical (unpaired) electrons. The Morgan fingerprint density at radius 1 is 1.15 bits per heavy atom. The van der Waals surface area contributed by atoms with E-state index in [-0.39, 0.29) is 17.8 Å². The quantitative estimate of drug-likeness (QED) is 0.783. The Balaban J connectivity index is 1.51. The molecule has 0 saturated heterocycles. The average molecular weight is 368 g/mol. The highest BCUT2D eigenvalue weighted by molar-refractivity contribution is 6.02. The molecule has 3 aliphatic carbocycles. The van der Waals surface area contributed by atoms with Gasteiger partial charge in [0.25, 0.3) is 5.91 Å². The smallest absolute Gasteiger partial charge is 0.321 e. The average Bonchev–Trinajstić information content (AvgIpc) is 2.56. The highest BCUT2D eigenvalue weighted by Crippen LogP contribution is 2.73. The molecule has 5 rings (SSSR count). The second-order valence-corrected chi connectivity index (χ2v) is 7.32. The number of carbonyl (C=O) groups excluding carboxylic acids is 2. The van der Waals surface area contributed by atoms with E-state index < -0.39 is 10.8 Å². The predicted octanol–water partition coefficient (Wildman–Crippen LogP) is 2.13. The van der Waals surface area contributed by atoms with Gasteiger partial charge in [0, 0.05) is 12.4 Å². The van der Waals surface area contributed by atoms with Crippen LogP contribution in [-0.4, -0.2) is 28.9 Å². The molecule has 140 valence electrons. The van der Waals surface area contributed by atoms with Gasteiger partial charge in [0.2, 0.25) is 5.91 Å². The van der Waals surface area contributed by atoms with Crippen molar-refractivity contribution in [3.63, 3.8) is 0 Å². The van der Waals surface area contributed by atoms with Crippen LogP contribution in [0.3, 0.4) is 0 Å². The lowest BCUT2D eigenvalue weighted by Crippen LogP contribution is -2.72. The van der Waals surface area contributed by atoms with Gasteiger partial charge < -0.3 is 10.5 Å². The van der Waals surface area contributed by atoms with Gasteiger partial charge in [0.05, 0.1) is 23.6 Å². The maximum atomic E-state index is 13.0. The van der Waals surface area contributed by atoms with Gasteiger partial charge in [0.1, 0.15) is 5.75 Å². The Hall–Kier alpha value is -3.00. The summed E-state index contributed by atoms with van der Waals surface area (Å²) >= 11 is 0. The monoisotopic (exact) mass is 368 g/mol. The summed E-state index contributed by atoms with van der Waals surface area (Å²) in [5, 5.41) is 1.28. The van der Waals surface area contributed by atoms with Crippen LogP contribution in [0.4, 0.5) is 5.69 Å². The van der Waals surface area contributed by atoms with Crippen molar-refractivity contribution in [2.45, 2.75) is 26.2 Å². The Morgan fingerprint density at radius 2 is 1.81 bits per heavy atom. The number of nitrogens with zero attached hydrogens (tertiary/aromatic N) is 3. The van der Waals surface area contributed by atoms with Crippen LogP contribution in [0.2, 0.25) is 0 Å². The third-order valence-corrected chi connectivity index (χ3v) is 5.51. The molecule has 2 bridgehead atoms. The first-order valence-electron chi connectivity index (χ1n) is 8.63. The Morgan fingerprint density at radius 3 is 2.37 bits per heavy atom. The summed E-state index contributed by atoms with van der Waals surface area (Å²) in [7, 11) is 1.45. The van der Waals surface area contributed by atoms with E-state index in [2.05, 4.69) is 9.97 Å². The van der Waals surface area contributed by atoms with Crippen molar-refractivity contribution in [2.24, 2.45) is 16.6 Å². The van der Waals surface area contributed by atoms with Crippen LogP contribution < -0.4 is 15.5 Å². The lowest BCUT2D eigenvalue weighted by Gasteiger charge is -2.67. The highest BCUT2D eigenvalue weighted by atomic mass is 16.7. The minimum Gasteiger partial charge on any atom is -0.424 e. The zero-order valence-corrected chi connectivity index (χ0v) is 15.1. The number of hydroxylamine groups is 1. The van der Waals surface area contributed by atoms with Gasteiger partial charge in [-0.3, -0.25) is 14.4 Å². The van der Waals surface area contributed by atoms with Crippen LogP contribution in [0.1, 0.15) is 24.8 Å². The number of nitrogens with two attached hydrogens (primary N) is 1. The van der Waals surface area contributed by atoms with Crippen LogP contribution >= 0.6 is 0 Å². The van der Waals surface area contributed by atoms with E-state index in [1.165, 1.54) is 12.2 Å². The lowest BCUT2D eigenvalue weighted by molar-refractivity contribution is -0.208. The summed E-state index contributed by atoms with van der Waals surface area (Å²) in [5.41, 5.74) is 5.81. The second kappa shape index (κ2) is 6.02. The molecule has 0 aliphatic heterocycles. The van der Waals surface area contributed by atoms with E-state index in [0.717, 1.165) is 5.56 Å². The molecule has 3 saturated carbocycles. The maximum Gasteiger partial charge on any atom is 0.321 e. The van der Waals surface area contributed by atoms with Crippen molar-refractivity contribution in [3.05, 3.63) is 42.2 Å². The van der Waals surface area contributed by atoms with Gasteiger partial charge in [-0.15, -0.1) is 0 Å². The normalized spacial score (nSPS) is 25.1. The summed E-state index contributed by atoms with van der Waals surface area (Å²) in [6.45, 7) is 1.86. The molecular formula is C19H20N4O4. The van der Waals surface area contributed by atoms with Gasteiger partial charge in [0.15, 0.2) is 0 Å². The molecule has 1 heterocycles. The number of hydrogen-bond acceptors (Lipinski definition) is 6. The zero-order valence-electron chi connectivity index (χ0n) is 15.1. The fourth-order valence-corrected chi connectivity index (χ4v) is 4.11. The van der Waals surface area contributed by atoms with Crippen LogP contribution in [0.25, 0.3) is 0 Å². The third-order valence-electron chi connectivity index (χ3n) is 5.51. The number of anilines is 1. The summed E-state index contributed by atoms with van der Waals surface area (Å²) in [4.78, 5) is 37.9. The predicted molar refractivity (Wildman–Crippen MR) is 95.7 cm³/mol. The third kappa shape index (κ3) is 2.64.